The van der Waals surface area contributed by atoms with Gasteiger partial charge in [-0.25, -0.2) is 0 Å². The van der Waals surface area contributed by atoms with Crippen LogP contribution in [0.15, 0.2) is 0 Å². The monoisotopic (exact) mass is 422 g/mol. The third-order valence-electron chi connectivity index (χ3n) is 4.38. The Hall–Kier alpha value is -0.280. The topological polar surface area (TPSA) is 64.6 Å². The second-order valence-corrected chi connectivity index (χ2v) is 6.86. The summed E-state index contributed by atoms with van der Waals surface area (Å²) in [6, 6.07) is 0. The smallest absolute Gasteiger partial charge is 0.160 e. The van der Waals surface area contributed by atoms with Gasteiger partial charge in [0.05, 0.1) is 66.1 Å². The fourth-order valence-corrected chi connectivity index (χ4v) is 2.70. The number of hydrogen-bond donors (Lipinski definition) is 0. The Morgan fingerprint density at radius 1 is 0.552 bits per heavy atom. The van der Waals surface area contributed by atoms with Crippen molar-refractivity contribution in [2.45, 2.75) is 59.2 Å². The summed E-state index contributed by atoms with van der Waals surface area (Å²) in [5, 5.41) is 0. The predicted octanol–water partition coefficient (Wildman–Crippen LogP) is 3.68. The van der Waals surface area contributed by atoms with E-state index < -0.39 is 0 Å². The molecular formula is C22H46O7. The maximum atomic E-state index is 6.01. The quantitative estimate of drug-likeness (QED) is 0.174. The number of methoxy groups -OCH3 is 1. The zero-order valence-electron chi connectivity index (χ0n) is 19.3. The standard InChI is InChI=1S/C22H46O7/c1-5-8-9-21(7-3)22(28-19-17-26-14-13-24-10-6-2)29-20-18-27-16-15-25-12-11-23-4/h21-22H,5-20H2,1-4H3. The molecule has 0 aliphatic heterocycles. The van der Waals surface area contributed by atoms with E-state index in [2.05, 4.69) is 20.8 Å². The molecule has 0 saturated heterocycles. The van der Waals surface area contributed by atoms with E-state index in [4.69, 9.17) is 33.2 Å². The van der Waals surface area contributed by atoms with E-state index in [1.54, 1.807) is 7.11 Å². The Morgan fingerprint density at radius 2 is 1.03 bits per heavy atom. The third kappa shape index (κ3) is 19.4. The van der Waals surface area contributed by atoms with Crippen LogP contribution in [-0.2, 0) is 33.2 Å². The predicted molar refractivity (Wildman–Crippen MR) is 114 cm³/mol. The molecule has 0 fully saturated rings. The van der Waals surface area contributed by atoms with E-state index in [1.165, 1.54) is 12.8 Å². The van der Waals surface area contributed by atoms with Crippen molar-refractivity contribution < 1.29 is 33.2 Å². The van der Waals surface area contributed by atoms with Gasteiger partial charge in [0.15, 0.2) is 6.29 Å². The lowest BCUT2D eigenvalue weighted by Gasteiger charge is -2.26. The highest BCUT2D eigenvalue weighted by atomic mass is 16.7. The fourth-order valence-electron chi connectivity index (χ4n) is 2.70. The van der Waals surface area contributed by atoms with Crippen LogP contribution in [0.5, 0.6) is 0 Å². The number of rotatable bonds is 24. The van der Waals surface area contributed by atoms with E-state index >= 15 is 0 Å². The van der Waals surface area contributed by atoms with Crippen LogP contribution >= 0.6 is 0 Å². The highest BCUT2D eigenvalue weighted by Gasteiger charge is 2.21. The van der Waals surface area contributed by atoms with Crippen LogP contribution in [0.3, 0.4) is 0 Å². The molecule has 0 radical (unpaired) electrons. The first-order valence-electron chi connectivity index (χ1n) is 11.3. The van der Waals surface area contributed by atoms with Crippen molar-refractivity contribution in [3.05, 3.63) is 0 Å². The van der Waals surface area contributed by atoms with Gasteiger partial charge in [0.2, 0.25) is 0 Å². The summed E-state index contributed by atoms with van der Waals surface area (Å²) in [6.07, 6.45) is 5.32. The second kappa shape index (κ2) is 24.0. The van der Waals surface area contributed by atoms with Gasteiger partial charge in [-0.05, 0) is 19.3 Å². The summed E-state index contributed by atoms with van der Waals surface area (Å²) in [4.78, 5) is 0. The molecule has 0 amide bonds. The molecule has 176 valence electrons. The van der Waals surface area contributed by atoms with E-state index in [0.717, 1.165) is 25.9 Å². The molecule has 0 N–H and O–H groups in total. The first-order chi connectivity index (χ1) is 14.3. The molecule has 0 aromatic heterocycles. The first kappa shape index (κ1) is 28.7. The van der Waals surface area contributed by atoms with Gasteiger partial charge < -0.3 is 33.2 Å². The lowest BCUT2D eigenvalue weighted by atomic mass is 9.99. The molecule has 0 aliphatic rings. The van der Waals surface area contributed by atoms with Crippen molar-refractivity contribution in [1.82, 2.24) is 0 Å². The van der Waals surface area contributed by atoms with Crippen molar-refractivity contribution >= 4 is 0 Å². The highest BCUT2D eigenvalue weighted by Crippen LogP contribution is 2.20. The molecule has 0 aromatic rings. The van der Waals surface area contributed by atoms with Gasteiger partial charge in [-0.3, -0.25) is 0 Å². The summed E-state index contributed by atoms with van der Waals surface area (Å²) in [6.45, 7) is 12.9. The average Bonchev–Trinajstić information content (AvgIpc) is 2.74. The van der Waals surface area contributed by atoms with E-state index in [1.807, 2.05) is 0 Å². The average molecular weight is 423 g/mol. The van der Waals surface area contributed by atoms with Crippen LogP contribution in [0.25, 0.3) is 0 Å². The summed E-state index contributed by atoms with van der Waals surface area (Å²) in [5.41, 5.74) is 0. The molecule has 7 heteroatoms. The number of hydrogen-bond acceptors (Lipinski definition) is 7. The van der Waals surface area contributed by atoms with Crippen molar-refractivity contribution in [2.75, 3.05) is 79.8 Å². The maximum Gasteiger partial charge on any atom is 0.160 e. The van der Waals surface area contributed by atoms with Crippen LogP contribution in [0.2, 0.25) is 0 Å². The van der Waals surface area contributed by atoms with Crippen LogP contribution in [0.4, 0.5) is 0 Å². The molecule has 0 bridgehead atoms. The van der Waals surface area contributed by atoms with Gasteiger partial charge in [-0.1, -0.05) is 33.6 Å². The van der Waals surface area contributed by atoms with Crippen molar-refractivity contribution in [1.29, 1.82) is 0 Å². The zero-order valence-corrected chi connectivity index (χ0v) is 19.3. The maximum absolute atomic E-state index is 6.01. The summed E-state index contributed by atoms with van der Waals surface area (Å²) < 4.78 is 38.9. The second-order valence-electron chi connectivity index (χ2n) is 6.86. The Morgan fingerprint density at radius 3 is 1.48 bits per heavy atom. The molecule has 7 nitrogen and oxygen atoms in total. The molecule has 2 unspecified atom stereocenters. The lowest BCUT2D eigenvalue weighted by molar-refractivity contribution is -0.187. The van der Waals surface area contributed by atoms with Crippen LogP contribution in [0.1, 0.15) is 52.9 Å². The van der Waals surface area contributed by atoms with Crippen molar-refractivity contribution in [3.8, 4) is 0 Å². The van der Waals surface area contributed by atoms with E-state index in [-0.39, 0.29) is 6.29 Å². The lowest BCUT2D eigenvalue weighted by Crippen LogP contribution is -2.30. The molecule has 2 atom stereocenters. The van der Waals surface area contributed by atoms with Gasteiger partial charge in [-0.15, -0.1) is 0 Å². The van der Waals surface area contributed by atoms with Gasteiger partial charge in [-0.2, -0.15) is 0 Å². The Kier molecular flexibility index (Phi) is 23.8. The molecule has 0 aromatic carbocycles. The van der Waals surface area contributed by atoms with Gasteiger partial charge >= 0.3 is 0 Å². The SMILES string of the molecule is CCCCC(CC)C(OCCOCCOCCC)OCCOCCOCCOC. The van der Waals surface area contributed by atoms with Crippen LogP contribution in [-0.4, -0.2) is 86.1 Å². The molecule has 0 rings (SSSR count). The van der Waals surface area contributed by atoms with Gasteiger partial charge in [0.25, 0.3) is 0 Å². The van der Waals surface area contributed by atoms with E-state index in [0.29, 0.717) is 72.0 Å². The van der Waals surface area contributed by atoms with Crippen LogP contribution < -0.4 is 0 Å². The fraction of sp³-hybridized carbons (Fsp3) is 1.00. The minimum atomic E-state index is -0.215. The Bertz CT molecular complexity index is 305. The van der Waals surface area contributed by atoms with Gasteiger partial charge in [0.1, 0.15) is 0 Å². The minimum absolute atomic E-state index is 0.215. The molecule has 0 heterocycles. The summed E-state index contributed by atoms with van der Waals surface area (Å²) >= 11 is 0. The normalized spacial score (nSPS) is 13.7. The third-order valence-corrected chi connectivity index (χ3v) is 4.38. The number of ether oxygens (including phenoxy) is 7. The Balaban J connectivity index is 3.98. The summed E-state index contributed by atoms with van der Waals surface area (Å²) in [7, 11) is 1.66. The van der Waals surface area contributed by atoms with Crippen molar-refractivity contribution in [2.24, 2.45) is 5.92 Å². The molecular weight excluding hydrogens is 376 g/mol. The minimum Gasteiger partial charge on any atom is -0.382 e. The van der Waals surface area contributed by atoms with Crippen LogP contribution in [0, 0.1) is 5.92 Å². The summed E-state index contributed by atoms with van der Waals surface area (Å²) in [5.74, 6) is 0.389. The molecule has 0 aliphatic carbocycles. The van der Waals surface area contributed by atoms with Crippen molar-refractivity contribution in [3.63, 3.8) is 0 Å². The van der Waals surface area contributed by atoms with E-state index in [9.17, 15) is 0 Å². The first-order valence-corrected chi connectivity index (χ1v) is 11.3. The molecule has 29 heavy (non-hydrogen) atoms. The van der Waals surface area contributed by atoms with Gasteiger partial charge in [0, 0.05) is 19.6 Å². The largest absolute Gasteiger partial charge is 0.382 e. The Labute approximate surface area is 178 Å². The molecule has 0 saturated carbocycles. The number of unbranched alkanes of at least 4 members (excludes halogenated alkanes) is 1. The zero-order chi connectivity index (χ0) is 21.4. The molecule has 0 spiro atoms. The highest BCUT2D eigenvalue weighted by molar-refractivity contribution is 4.62.